The molecule has 1 atom stereocenters. The van der Waals surface area contributed by atoms with Crippen molar-refractivity contribution in [1.82, 2.24) is 9.88 Å². The van der Waals surface area contributed by atoms with Gasteiger partial charge in [0.1, 0.15) is 12.0 Å². The van der Waals surface area contributed by atoms with Crippen molar-refractivity contribution in [3.8, 4) is 0 Å². The first-order valence-electron chi connectivity index (χ1n) is 7.27. The van der Waals surface area contributed by atoms with Crippen molar-refractivity contribution < 1.29 is 10.0 Å². The normalized spacial score (nSPS) is 17.8. The predicted octanol–water partition coefficient (Wildman–Crippen LogP) is 1.19. The number of hydrogen-bond acceptors (Lipinski definition) is 6. The summed E-state index contributed by atoms with van der Waals surface area (Å²) in [7, 11) is 0. The van der Waals surface area contributed by atoms with Gasteiger partial charge in [-0.3, -0.25) is 15.0 Å². The molecule has 0 saturated carbocycles. The Hall–Kier alpha value is -1.73. The predicted molar refractivity (Wildman–Crippen MR) is 80.6 cm³/mol. The van der Waals surface area contributed by atoms with Gasteiger partial charge in [0.15, 0.2) is 0 Å². The van der Waals surface area contributed by atoms with Crippen LogP contribution in [0.25, 0.3) is 0 Å². The third-order valence-corrected chi connectivity index (χ3v) is 3.90. The molecule has 0 radical (unpaired) electrons. The fourth-order valence-corrected chi connectivity index (χ4v) is 2.48. The summed E-state index contributed by atoms with van der Waals surface area (Å²) >= 11 is 0. The number of aromatic nitrogens is 1. The maximum Gasteiger partial charge on any atom is 0.290 e. The van der Waals surface area contributed by atoms with Gasteiger partial charge in [0.25, 0.3) is 5.69 Å². The van der Waals surface area contributed by atoms with E-state index in [2.05, 4.69) is 14.8 Å². The maximum absolute atomic E-state index is 10.8. The molecule has 1 unspecified atom stereocenters. The van der Waals surface area contributed by atoms with Crippen LogP contribution in [0.2, 0.25) is 0 Å². The van der Waals surface area contributed by atoms with E-state index in [4.69, 9.17) is 0 Å². The Morgan fingerprint density at radius 2 is 2.10 bits per heavy atom. The molecule has 2 heterocycles. The molecule has 1 aromatic rings. The fourth-order valence-electron chi connectivity index (χ4n) is 2.48. The molecule has 1 N–H and O–H groups in total. The number of pyridine rings is 1. The van der Waals surface area contributed by atoms with Gasteiger partial charge in [0, 0.05) is 38.3 Å². The van der Waals surface area contributed by atoms with Crippen LogP contribution in [0.1, 0.15) is 18.9 Å². The third-order valence-electron chi connectivity index (χ3n) is 3.90. The second-order valence-electron chi connectivity index (χ2n) is 5.44. The van der Waals surface area contributed by atoms with Crippen LogP contribution in [0.4, 0.5) is 11.5 Å². The number of rotatable bonds is 5. The zero-order valence-electron chi connectivity index (χ0n) is 12.5. The minimum atomic E-state index is -0.407. The summed E-state index contributed by atoms with van der Waals surface area (Å²) in [5, 5.41) is 20.5. The van der Waals surface area contributed by atoms with Gasteiger partial charge in [-0.15, -0.1) is 0 Å². The molecule has 2 rings (SSSR count). The van der Waals surface area contributed by atoms with Crippen LogP contribution >= 0.6 is 0 Å². The van der Waals surface area contributed by atoms with E-state index in [9.17, 15) is 15.2 Å². The van der Waals surface area contributed by atoms with Gasteiger partial charge < -0.3 is 10.0 Å². The minimum Gasteiger partial charge on any atom is -0.392 e. The van der Waals surface area contributed by atoms with E-state index >= 15 is 0 Å². The molecule has 7 heteroatoms. The Morgan fingerprint density at radius 1 is 1.43 bits per heavy atom. The summed E-state index contributed by atoms with van der Waals surface area (Å²) in [5.74, 6) is 0.786. The average Bonchev–Trinajstić information content (AvgIpc) is 2.47. The number of hydrogen-bond donors (Lipinski definition) is 1. The van der Waals surface area contributed by atoms with Gasteiger partial charge in [-0.25, -0.2) is 4.98 Å². The molecule has 0 aliphatic carbocycles. The first kappa shape index (κ1) is 15.7. The Morgan fingerprint density at radius 3 is 2.62 bits per heavy atom. The van der Waals surface area contributed by atoms with Crippen LogP contribution in [0, 0.1) is 17.0 Å². The van der Waals surface area contributed by atoms with Crippen molar-refractivity contribution in [2.24, 2.45) is 0 Å². The Balaban J connectivity index is 1.96. The summed E-state index contributed by atoms with van der Waals surface area (Å²) in [6.07, 6.45) is 1.83. The van der Waals surface area contributed by atoms with Crippen molar-refractivity contribution >= 4 is 11.5 Å². The number of anilines is 1. The first-order valence-corrected chi connectivity index (χ1v) is 7.27. The van der Waals surface area contributed by atoms with E-state index in [1.165, 1.54) is 6.20 Å². The summed E-state index contributed by atoms with van der Waals surface area (Å²) in [5.41, 5.74) is 0.692. The molecule has 1 aliphatic rings. The van der Waals surface area contributed by atoms with Gasteiger partial charge >= 0.3 is 0 Å². The molecule has 0 aromatic carbocycles. The number of aliphatic hydroxyl groups excluding tert-OH is 1. The number of nitrogens with zero attached hydrogens (tertiary/aromatic N) is 4. The highest BCUT2D eigenvalue weighted by Crippen LogP contribution is 2.22. The molecule has 7 nitrogen and oxygen atoms in total. The van der Waals surface area contributed by atoms with E-state index in [0.717, 1.165) is 38.4 Å². The SMILES string of the molecule is CCC(O)CN1CCN(c2cc(C)c([N+](=O)[O-])cn2)CC1. The lowest BCUT2D eigenvalue weighted by Gasteiger charge is -2.36. The number of β-amino-alcohol motifs (C(OH)–C–C–N with tert-alkyl or cyclic N) is 1. The highest BCUT2D eigenvalue weighted by atomic mass is 16.6. The van der Waals surface area contributed by atoms with Crippen LogP contribution in [0.15, 0.2) is 12.3 Å². The van der Waals surface area contributed by atoms with Gasteiger partial charge in [-0.2, -0.15) is 0 Å². The molecular weight excluding hydrogens is 272 g/mol. The number of aliphatic hydroxyl groups is 1. The van der Waals surface area contributed by atoms with Crippen molar-refractivity contribution in [2.45, 2.75) is 26.4 Å². The topological polar surface area (TPSA) is 82.7 Å². The largest absolute Gasteiger partial charge is 0.392 e. The van der Waals surface area contributed by atoms with Crippen molar-refractivity contribution in [3.63, 3.8) is 0 Å². The van der Waals surface area contributed by atoms with Crippen LogP contribution in [0.3, 0.4) is 0 Å². The van der Waals surface area contributed by atoms with E-state index in [-0.39, 0.29) is 11.8 Å². The lowest BCUT2D eigenvalue weighted by atomic mass is 10.2. The average molecular weight is 294 g/mol. The number of nitro groups is 1. The number of aryl methyl sites for hydroxylation is 1. The summed E-state index contributed by atoms with van der Waals surface area (Å²) < 4.78 is 0. The molecule has 21 heavy (non-hydrogen) atoms. The van der Waals surface area contributed by atoms with Gasteiger partial charge in [0.05, 0.1) is 11.0 Å². The second-order valence-corrected chi connectivity index (χ2v) is 5.44. The van der Waals surface area contributed by atoms with Crippen LogP contribution in [-0.2, 0) is 0 Å². The third kappa shape index (κ3) is 3.89. The van der Waals surface area contributed by atoms with Gasteiger partial charge in [0.2, 0.25) is 0 Å². The Labute approximate surface area is 124 Å². The van der Waals surface area contributed by atoms with Crippen LogP contribution in [-0.4, -0.2) is 58.7 Å². The summed E-state index contributed by atoms with van der Waals surface area (Å²) in [4.78, 5) is 19.0. The van der Waals surface area contributed by atoms with E-state index in [0.29, 0.717) is 12.1 Å². The monoisotopic (exact) mass is 294 g/mol. The smallest absolute Gasteiger partial charge is 0.290 e. The standard InChI is InChI=1S/C14H22N4O3/c1-3-12(19)10-16-4-6-17(7-5-16)14-8-11(2)13(9-15-14)18(20)21/h8-9,12,19H,3-7,10H2,1-2H3. The molecular formula is C14H22N4O3. The fraction of sp³-hybridized carbons (Fsp3) is 0.643. The summed E-state index contributed by atoms with van der Waals surface area (Å²) in [6, 6.07) is 1.77. The van der Waals surface area contributed by atoms with E-state index in [1.54, 1.807) is 13.0 Å². The van der Waals surface area contributed by atoms with Crippen molar-refractivity contribution in [3.05, 3.63) is 27.9 Å². The minimum absolute atomic E-state index is 0.0588. The molecule has 1 fully saturated rings. The second kappa shape index (κ2) is 6.82. The highest BCUT2D eigenvalue weighted by Gasteiger charge is 2.21. The molecule has 1 saturated heterocycles. The van der Waals surface area contributed by atoms with Crippen LogP contribution in [0.5, 0.6) is 0 Å². The lowest BCUT2D eigenvalue weighted by molar-refractivity contribution is -0.385. The Bertz CT molecular complexity index is 501. The van der Waals surface area contributed by atoms with E-state index in [1.807, 2.05) is 6.92 Å². The zero-order valence-corrected chi connectivity index (χ0v) is 12.5. The quantitative estimate of drug-likeness (QED) is 0.649. The Kier molecular flexibility index (Phi) is 5.08. The maximum atomic E-state index is 10.8. The first-order chi connectivity index (χ1) is 10.0. The van der Waals surface area contributed by atoms with Crippen molar-refractivity contribution in [2.75, 3.05) is 37.6 Å². The molecule has 116 valence electrons. The number of piperazine rings is 1. The molecule has 1 aromatic heterocycles. The van der Waals surface area contributed by atoms with Crippen molar-refractivity contribution in [1.29, 1.82) is 0 Å². The molecule has 0 bridgehead atoms. The highest BCUT2D eigenvalue weighted by molar-refractivity contribution is 5.48. The molecule has 1 aliphatic heterocycles. The lowest BCUT2D eigenvalue weighted by Crippen LogP contribution is -2.48. The van der Waals surface area contributed by atoms with Gasteiger partial charge in [-0.05, 0) is 19.4 Å². The van der Waals surface area contributed by atoms with E-state index < -0.39 is 4.92 Å². The van der Waals surface area contributed by atoms with Gasteiger partial charge in [-0.1, -0.05) is 6.92 Å². The zero-order chi connectivity index (χ0) is 15.4. The van der Waals surface area contributed by atoms with Crippen LogP contribution < -0.4 is 4.90 Å². The molecule has 0 amide bonds. The summed E-state index contributed by atoms with van der Waals surface area (Å²) in [6.45, 7) is 7.80. The molecule has 0 spiro atoms.